The summed E-state index contributed by atoms with van der Waals surface area (Å²) in [5.41, 5.74) is 0.988. The van der Waals surface area contributed by atoms with Crippen LogP contribution in [-0.2, 0) is 0 Å². The number of rotatable bonds is 6. The molecule has 1 N–H and O–H groups in total. The van der Waals surface area contributed by atoms with Gasteiger partial charge < -0.3 is 14.8 Å². The zero-order chi connectivity index (χ0) is 13.5. The van der Waals surface area contributed by atoms with Gasteiger partial charge in [-0.3, -0.25) is 0 Å². The van der Waals surface area contributed by atoms with Gasteiger partial charge in [0.1, 0.15) is 0 Å². The van der Waals surface area contributed by atoms with Crippen molar-refractivity contribution in [3.63, 3.8) is 0 Å². The lowest BCUT2D eigenvalue weighted by molar-refractivity contribution is 0.311. The number of hydrogen-bond donors (Lipinski definition) is 1. The fourth-order valence-corrected chi connectivity index (χ4v) is 1.75. The first kappa shape index (κ1) is 14.9. The van der Waals surface area contributed by atoms with Gasteiger partial charge in [-0.15, -0.1) is 0 Å². The van der Waals surface area contributed by atoms with Crippen molar-refractivity contribution in [2.24, 2.45) is 0 Å². The molecule has 0 aliphatic heterocycles. The van der Waals surface area contributed by atoms with E-state index in [0.29, 0.717) is 29.2 Å². The standard InChI is InChI=1S/C14H20ClNO2/c1-5-18-14-12(15)8-11(9-13(14)17-4)7-6-10(2)16-3/h6-10,16H,5H2,1-4H3/b7-6+. The van der Waals surface area contributed by atoms with Crippen molar-refractivity contribution in [2.75, 3.05) is 20.8 Å². The van der Waals surface area contributed by atoms with Crippen LogP contribution in [0.5, 0.6) is 11.5 Å². The maximum atomic E-state index is 6.19. The molecule has 0 amide bonds. The van der Waals surface area contributed by atoms with Gasteiger partial charge in [-0.2, -0.15) is 0 Å². The molecule has 0 spiro atoms. The average Bonchev–Trinajstić information content (AvgIpc) is 2.38. The summed E-state index contributed by atoms with van der Waals surface area (Å²) in [5, 5.41) is 3.70. The first-order valence-electron chi connectivity index (χ1n) is 5.98. The SMILES string of the molecule is CCOc1c(Cl)cc(/C=C/C(C)NC)cc1OC. The van der Waals surface area contributed by atoms with Crippen LogP contribution in [-0.4, -0.2) is 26.8 Å². The van der Waals surface area contributed by atoms with Gasteiger partial charge in [0.25, 0.3) is 0 Å². The van der Waals surface area contributed by atoms with Crippen LogP contribution in [0.2, 0.25) is 5.02 Å². The highest BCUT2D eigenvalue weighted by atomic mass is 35.5. The lowest BCUT2D eigenvalue weighted by Crippen LogP contribution is -2.17. The Morgan fingerprint density at radius 2 is 2.17 bits per heavy atom. The highest BCUT2D eigenvalue weighted by Crippen LogP contribution is 2.36. The second-order valence-electron chi connectivity index (χ2n) is 3.90. The van der Waals surface area contributed by atoms with Crippen LogP contribution in [0.1, 0.15) is 19.4 Å². The summed E-state index contributed by atoms with van der Waals surface area (Å²) in [6, 6.07) is 4.09. The molecule has 0 fully saturated rings. The quantitative estimate of drug-likeness (QED) is 0.859. The topological polar surface area (TPSA) is 30.5 Å². The van der Waals surface area contributed by atoms with E-state index < -0.39 is 0 Å². The number of benzene rings is 1. The minimum absolute atomic E-state index is 0.307. The summed E-state index contributed by atoms with van der Waals surface area (Å²) in [7, 11) is 3.53. The van der Waals surface area contributed by atoms with Crippen LogP contribution >= 0.6 is 11.6 Å². The van der Waals surface area contributed by atoms with E-state index in [1.807, 2.05) is 32.2 Å². The van der Waals surface area contributed by atoms with E-state index in [2.05, 4.69) is 18.3 Å². The summed E-state index contributed by atoms with van der Waals surface area (Å²) >= 11 is 6.19. The number of methoxy groups -OCH3 is 1. The Morgan fingerprint density at radius 3 is 2.72 bits per heavy atom. The Balaban J connectivity index is 3.02. The maximum absolute atomic E-state index is 6.19. The van der Waals surface area contributed by atoms with Gasteiger partial charge in [-0.25, -0.2) is 0 Å². The summed E-state index contributed by atoms with van der Waals surface area (Å²) in [6.07, 6.45) is 4.07. The Bertz CT molecular complexity index is 419. The second kappa shape index (κ2) is 7.29. The Morgan fingerprint density at radius 1 is 1.44 bits per heavy atom. The fourth-order valence-electron chi connectivity index (χ4n) is 1.47. The van der Waals surface area contributed by atoms with Gasteiger partial charge in [-0.05, 0) is 38.6 Å². The van der Waals surface area contributed by atoms with Crippen molar-refractivity contribution in [3.8, 4) is 11.5 Å². The Hall–Kier alpha value is -1.19. The van der Waals surface area contributed by atoms with Crippen molar-refractivity contribution in [2.45, 2.75) is 19.9 Å². The summed E-state index contributed by atoms with van der Waals surface area (Å²) in [5.74, 6) is 1.25. The molecular formula is C14H20ClNO2. The van der Waals surface area contributed by atoms with Crippen LogP contribution in [0.4, 0.5) is 0 Å². The molecule has 0 aliphatic carbocycles. The van der Waals surface area contributed by atoms with Crippen molar-refractivity contribution in [3.05, 3.63) is 28.8 Å². The number of nitrogens with one attached hydrogen (secondary N) is 1. The molecule has 0 saturated heterocycles. The van der Waals surface area contributed by atoms with E-state index >= 15 is 0 Å². The molecule has 0 heterocycles. The largest absolute Gasteiger partial charge is 0.493 e. The predicted molar refractivity (Wildman–Crippen MR) is 76.7 cm³/mol. The molecule has 0 aromatic heterocycles. The molecule has 1 atom stereocenters. The lowest BCUT2D eigenvalue weighted by Gasteiger charge is -2.12. The average molecular weight is 270 g/mol. The zero-order valence-electron chi connectivity index (χ0n) is 11.3. The first-order valence-corrected chi connectivity index (χ1v) is 6.36. The molecule has 4 heteroatoms. The van der Waals surface area contributed by atoms with Crippen molar-refractivity contribution < 1.29 is 9.47 Å². The summed E-state index contributed by atoms with van der Waals surface area (Å²) in [4.78, 5) is 0. The molecule has 18 heavy (non-hydrogen) atoms. The summed E-state index contributed by atoms with van der Waals surface area (Å²) < 4.78 is 10.8. The normalized spacial score (nSPS) is 12.7. The van der Waals surface area contributed by atoms with Gasteiger partial charge in [0.15, 0.2) is 11.5 Å². The minimum Gasteiger partial charge on any atom is -0.493 e. The third-order valence-electron chi connectivity index (χ3n) is 2.57. The molecule has 3 nitrogen and oxygen atoms in total. The monoisotopic (exact) mass is 269 g/mol. The molecule has 1 aromatic rings. The van der Waals surface area contributed by atoms with Gasteiger partial charge >= 0.3 is 0 Å². The first-order chi connectivity index (χ1) is 8.62. The van der Waals surface area contributed by atoms with Crippen LogP contribution in [0.15, 0.2) is 18.2 Å². The third-order valence-corrected chi connectivity index (χ3v) is 2.85. The van der Waals surface area contributed by atoms with Gasteiger partial charge in [0.05, 0.1) is 18.7 Å². The predicted octanol–water partition coefficient (Wildman–Crippen LogP) is 3.37. The van der Waals surface area contributed by atoms with Crippen molar-refractivity contribution in [1.82, 2.24) is 5.32 Å². The molecule has 0 radical (unpaired) electrons. The fraction of sp³-hybridized carbons (Fsp3) is 0.429. The number of ether oxygens (including phenoxy) is 2. The van der Waals surface area contributed by atoms with E-state index in [-0.39, 0.29) is 0 Å². The van der Waals surface area contributed by atoms with Crippen LogP contribution in [0.3, 0.4) is 0 Å². The second-order valence-corrected chi connectivity index (χ2v) is 4.31. The number of halogens is 1. The third kappa shape index (κ3) is 3.93. The minimum atomic E-state index is 0.307. The lowest BCUT2D eigenvalue weighted by atomic mass is 10.1. The van der Waals surface area contributed by atoms with E-state index in [0.717, 1.165) is 5.56 Å². The maximum Gasteiger partial charge on any atom is 0.179 e. The van der Waals surface area contributed by atoms with E-state index in [1.165, 1.54) is 0 Å². The van der Waals surface area contributed by atoms with E-state index in [1.54, 1.807) is 7.11 Å². The zero-order valence-corrected chi connectivity index (χ0v) is 12.0. The van der Waals surface area contributed by atoms with Gasteiger partial charge in [0.2, 0.25) is 0 Å². The number of likely N-dealkylation sites (N-methyl/N-ethyl adjacent to an activating group) is 1. The molecule has 1 unspecified atom stereocenters. The summed E-state index contributed by atoms with van der Waals surface area (Å²) in [6.45, 7) is 4.55. The smallest absolute Gasteiger partial charge is 0.179 e. The van der Waals surface area contributed by atoms with Crippen LogP contribution < -0.4 is 14.8 Å². The van der Waals surface area contributed by atoms with Crippen molar-refractivity contribution >= 4 is 17.7 Å². The molecule has 0 bridgehead atoms. The number of hydrogen-bond acceptors (Lipinski definition) is 3. The molecule has 0 saturated carbocycles. The molecular weight excluding hydrogens is 250 g/mol. The highest BCUT2D eigenvalue weighted by Gasteiger charge is 2.10. The molecule has 100 valence electrons. The molecule has 1 aromatic carbocycles. The van der Waals surface area contributed by atoms with Crippen molar-refractivity contribution in [1.29, 1.82) is 0 Å². The van der Waals surface area contributed by atoms with Crippen LogP contribution in [0, 0.1) is 0 Å². The molecule has 1 rings (SSSR count). The van der Waals surface area contributed by atoms with Gasteiger partial charge in [-0.1, -0.05) is 23.8 Å². The Kier molecular flexibility index (Phi) is 6.02. The highest BCUT2D eigenvalue weighted by molar-refractivity contribution is 6.32. The van der Waals surface area contributed by atoms with E-state index in [4.69, 9.17) is 21.1 Å². The van der Waals surface area contributed by atoms with Crippen LogP contribution in [0.25, 0.3) is 6.08 Å². The van der Waals surface area contributed by atoms with Gasteiger partial charge in [0, 0.05) is 6.04 Å². The van der Waals surface area contributed by atoms with E-state index in [9.17, 15) is 0 Å². The molecule has 0 aliphatic rings. The Labute approximate surface area is 114 Å².